The van der Waals surface area contributed by atoms with Gasteiger partial charge in [0.1, 0.15) is 0 Å². The lowest BCUT2D eigenvalue weighted by molar-refractivity contribution is -0.136. The number of imide groups is 1. The summed E-state index contributed by atoms with van der Waals surface area (Å²) in [5, 5.41) is 2.95. The van der Waals surface area contributed by atoms with Gasteiger partial charge in [0.05, 0.1) is 13.1 Å². The van der Waals surface area contributed by atoms with Crippen molar-refractivity contribution in [2.45, 2.75) is 37.5 Å². The van der Waals surface area contributed by atoms with Crippen LogP contribution in [-0.4, -0.2) is 46.8 Å². The molecular weight excluding hydrogens is 224 g/mol. The Bertz CT molecular complexity index is 280. The minimum Gasteiger partial charge on any atom is -0.294 e. The number of amides is 2. The van der Waals surface area contributed by atoms with E-state index >= 15 is 0 Å². The monoisotopic (exact) mass is 242 g/mol. The van der Waals surface area contributed by atoms with E-state index < -0.39 is 0 Å². The number of carbonyl (C=O) groups excluding carboxylic acids is 2. The van der Waals surface area contributed by atoms with Gasteiger partial charge in [0.15, 0.2) is 0 Å². The quantitative estimate of drug-likeness (QED) is 0.737. The second kappa shape index (κ2) is 5.19. The highest BCUT2D eigenvalue weighted by molar-refractivity contribution is 7.99. The van der Waals surface area contributed by atoms with Crippen LogP contribution >= 0.6 is 11.8 Å². The van der Waals surface area contributed by atoms with Crippen molar-refractivity contribution in [2.24, 2.45) is 0 Å². The number of thioether (sulfide) groups is 1. The molecule has 1 heterocycles. The Morgan fingerprint density at radius 1 is 1.31 bits per heavy atom. The maximum atomic E-state index is 11.3. The second-order valence-corrected chi connectivity index (χ2v) is 5.88. The van der Waals surface area contributed by atoms with Crippen LogP contribution in [0.25, 0.3) is 0 Å². The fourth-order valence-corrected chi connectivity index (χ4v) is 3.92. The number of rotatable bonds is 3. The number of carbonyl (C=O) groups is 2. The second-order valence-electron chi connectivity index (χ2n) is 4.37. The predicted octanol–water partition coefficient (Wildman–Crippen LogP) is 0.619. The van der Waals surface area contributed by atoms with E-state index in [1.807, 2.05) is 11.8 Å². The first-order valence-electron chi connectivity index (χ1n) is 5.89. The highest BCUT2D eigenvalue weighted by atomic mass is 32.2. The van der Waals surface area contributed by atoms with Gasteiger partial charge in [-0.05, 0) is 18.6 Å². The Labute approximate surface area is 100 Å². The molecule has 2 amide bonds. The van der Waals surface area contributed by atoms with Crippen LogP contribution in [0.4, 0.5) is 0 Å². The molecule has 0 aromatic rings. The summed E-state index contributed by atoms with van der Waals surface area (Å²) in [6, 6.07) is 0.417. The van der Waals surface area contributed by atoms with Crippen molar-refractivity contribution in [1.82, 2.24) is 10.2 Å². The molecule has 0 radical (unpaired) electrons. The fourth-order valence-electron chi connectivity index (χ4n) is 2.63. The van der Waals surface area contributed by atoms with Crippen LogP contribution in [0.3, 0.4) is 0 Å². The van der Waals surface area contributed by atoms with Gasteiger partial charge in [0.25, 0.3) is 0 Å². The summed E-state index contributed by atoms with van der Waals surface area (Å²) in [5.41, 5.74) is 0. The van der Waals surface area contributed by atoms with Gasteiger partial charge in [-0.15, -0.1) is 0 Å². The highest BCUT2D eigenvalue weighted by Gasteiger charge is 2.36. The first kappa shape index (κ1) is 11.9. The van der Waals surface area contributed by atoms with Gasteiger partial charge in [-0.25, -0.2) is 0 Å². The summed E-state index contributed by atoms with van der Waals surface area (Å²) < 4.78 is 0. The lowest BCUT2D eigenvalue weighted by Crippen LogP contribution is -2.55. The summed E-state index contributed by atoms with van der Waals surface area (Å²) in [4.78, 5) is 24.7. The molecule has 2 atom stereocenters. The maximum Gasteiger partial charge on any atom is 0.240 e. The molecule has 2 fully saturated rings. The molecule has 5 heteroatoms. The SMILES string of the molecule is CCSC1CCCC1N1CC(=O)NC(=O)C1. The molecule has 90 valence electrons. The Morgan fingerprint density at radius 2 is 2.00 bits per heavy atom. The minimum absolute atomic E-state index is 0.150. The zero-order valence-electron chi connectivity index (χ0n) is 9.57. The summed E-state index contributed by atoms with van der Waals surface area (Å²) >= 11 is 1.96. The van der Waals surface area contributed by atoms with Gasteiger partial charge < -0.3 is 0 Å². The number of piperazine rings is 1. The maximum absolute atomic E-state index is 11.3. The molecule has 1 saturated heterocycles. The van der Waals surface area contributed by atoms with Crippen LogP contribution < -0.4 is 5.32 Å². The van der Waals surface area contributed by atoms with Gasteiger partial charge in [-0.3, -0.25) is 19.8 Å². The molecule has 2 unspecified atom stereocenters. The molecule has 0 bridgehead atoms. The third-order valence-corrected chi connectivity index (χ3v) is 4.55. The van der Waals surface area contributed by atoms with Crippen LogP contribution in [0.5, 0.6) is 0 Å². The van der Waals surface area contributed by atoms with Crippen molar-refractivity contribution in [3.63, 3.8) is 0 Å². The molecule has 1 N–H and O–H groups in total. The molecule has 2 rings (SSSR count). The Kier molecular flexibility index (Phi) is 3.86. The average Bonchev–Trinajstić information content (AvgIpc) is 2.65. The van der Waals surface area contributed by atoms with Crippen molar-refractivity contribution >= 4 is 23.6 Å². The molecule has 0 aromatic carbocycles. The van der Waals surface area contributed by atoms with Gasteiger partial charge in [0, 0.05) is 11.3 Å². The highest BCUT2D eigenvalue weighted by Crippen LogP contribution is 2.33. The molecule has 1 saturated carbocycles. The molecule has 1 aliphatic carbocycles. The lowest BCUT2D eigenvalue weighted by atomic mass is 10.2. The minimum atomic E-state index is -0.150. The Balaban J connectivity index is 1.99. The average molecular weight is 242 g/mol. The standard InChI is InChI=1S/C11H18N2O2S/c1-2-16-9-5-3-4-8(9)13-6-10(14)12-11(15)7-13/h8-9H,2-7H2,1H3,(H,12,14,15). The van der Waals surface area contributed by atoms with Crippen molar-refractivity contribution < 1.29 is 9.59 Å². The van der Waals surface area contributed by atoms with E-state index in [4.69, 9.17) is 0 Å². The summed E-state index contributed by atoms with van der Waals surface area (Å²) in [6.45, 7) is 2.93. The van der Waals surface area contributed by atoms with Crippen LogP contribution in [0, 0.1) is 0 Å². The number of hydrogen-bond acceptors (Lipinski definition) is 4. The Hall–Kier alpha value is -0.550. The normalized spacial score (nSPS) is 31.8. The third kappa shape index (κ3) is 2.58. The van der Waals surface area contributed by atoms with Crippen LogP contribution in [0.15, 0.2) is 0 Å². The third-order valence-electron chi connectivity index (χ3n) is 3.24. The van der Waals surface area contributed by atoms with Gasteiger partial charge in [0.2, 0.25) is 11.8 Å². The molecular formula is C11H18N2O2S. The van der Waals surface area contributed by atoms with E-state index in [1.54, 1.807) is 0 Å². The van der Waals surface area contributed by atoms with Crippen molar-refractivity contribution in [2.75, 3.05) is 18.8 Å². The number of nitrogens with one attached hydrogen (secondary N) is 1. The van der Waals surface area contributed by atoms with E-state index in [0.29, 0.717) is 24.4 Å². The smallest absolute Gasteiger partial charge is 0.240 e. The largest absolute Gasteiger partial charge is 0.294 e. The molecule has 0 spiro atoms. The summed E-state index contributed by atoms with van der Waals surface area (Å²) in [5.74, 6) is 0.807. The molecule has 0 aromatic heterocycles. The number of nitrogens with zero attached hydrogens (tertiary/aromatic N) is 1. The van der Waals surface area contributed by atoms with Crippen LogP contribution in [0.2, 0.25) is 0 Å². The van der Waals surface area contributed by atoms with E-state index in [-0.39, 0.29) is 11.8 Å². The zero-order valence-corrected chi connectivity index (χ0v) is 10.4. The number of hydrogen-bond donors (Lipinski definition) is 1. The van der Waals surface area contributed by atoms with Gasteiger partial charge >= 0.3 is 0 Å². The molecule has 4 nitrogen and oxygen atoms in total. The Morgan fingerprint density at radius 3 is 2.62 bits per heavy atom. The summed E-state index contributed by atoms with van der Waals surface area (Å²) in [7, 11) is 0. The van der Waals surface area contributed by atoms with E-state index in [1.165, 1.54) is 12.8 Å². The van der Waals surface area contributed by atoms with Gasteiger partial charge in [-0.1, -0.05) is 13.3 Å². The lowest BCUT2D eigenvalue weighted by Gasteiger charge is -2.34. The van der Waals surface area contributed by atoms with Crippen molar-refractivity contribution in [3.05, 3.63) is 0 Å². The first-order chi connectivity index (χ1) is 7.70. The van der Waals surface area contributed by atoms with Crippen LogP contribution in [0.1, 0.15) is 26.2 Å². The van der Waals surface area contributed by atoms with Crippen molar-refractivity contribution in [3.8, 4) is 0 Å². The zero-order chi connectivity index (χ0) is 11.5. The summed E-state index contributed by atoms with van der Waals surface area (Å²) in [6.07, 6.45) is 3.56. The predicted molar refractivity (Wildman–Crippen MR) is 64.3 cm³/mol. The van der Waals surface area contributed by atoms with E-state index in [2.05, 4.69) is 17.1 Å². The molecule has 2 aliphatic rings. The molecule has 1 aliphatic heterocycles. The fraction of sp³-hybridized carbons (Fsp3) is 0.818. The van der Waals surface area contributed by atoms with Gasteiger partial charge in [-0.2, -0.15) is 11.8 Å². The first-order valence-corrected chi connectivity index (χ1v) is 6.94. The topological polar surface area (TPSA) is 49.4 Å². The van der Waals surface area contributed by atoms with Crippen LogP contribution in [-0.2, 0) is 9.59 Å². The van der Waals surface area contributed by atoms with E-state index in [9.17, 15) is 9.59 Å². The molecule has 16 heavy (non-hydrogen) atoms. The van der Waals surface area contributed by atoms with Crippen molar-refractivity contribution in [1.29, 1.82) is 0 Å². The van der Waals surface area contributed by atoms with E-state index in [0.717, 1.165) is 12.2 Å².